The monoisotopic (exact) mass is 348 g/mol. The molecule has 0 bridgehead atoms. The Labute approximate surface area is 142 Å². The summed E-state index contributed by atoms with van der Waals surface area (Å²) >= 11 is 5.93. The van der Waals surface area contributed by atoms with Crippen molar-refractivity contribution >= 4 is 34.9 Å². The summed E-state index contributed by atoms with van der Waals surface area (Å²) in [7, 11) is 0. The molecule has 0 radical (unpaired) electrons. The van der Waals surface area contributed by atoms with Gasteiger partial charge < -0.3 is 10.1 Å². The number of esters is 1. The molecule has 0 spiro atoms. The Morgan fingerprint density at radius 1 is 1.17 bits per heavy atom. The Morgan fingerprint density at radius 2 is 1.79 bits per heavy atom. The second kappa shape index (κ2) is 7.56. The van der Waals surface area contributed by atoms with Gasteiger partial charge in [0.1, 0.15) is 5.56 Å². The number of para-hydroxylation sites is 2. The fraction of sp³-hybridized carbons (Fsp3) is 0.125. The number of nitro benzene ring substituents is 1. The predicted octanol–water partition coefficient (Wildman–Crippen LogP) is 3.43. The number of amides is 1. The molecule has 2 rings (SSSR count). The van der Waals surface area contributed by atoms with Crippen LogP contribution in [-0.2, 0) is 9.53 Å². The van der Waals surface area contributed by atoms with E-state index in [-0.39, 0.29) is 11.3 Å². The van der Waals surface area contributed by atoms with Crippen LogP contribution in [0, 0.1) is 10.1 Å². The van der Waals surface area contributed by atoms with Crippen LogP contribution in [-0.4, -0.2) is 22.9 Å². The fourth-order valence-corrected chi connectivity index (χ4v) is 2.06. The highest BCUT2D eigenvalue weighted by atomic mass is 35.5. The van der Waals surface area contributed by atoms with Crippen LogP contribution in [0.1, 0.15) is 17.3 Å². The van der Waals surface area contributed by atoms with Gasteiger partial charge >= 0.3 is 5.97 Å². The van der Waals surface area contributed by atoms with Crippen molar-refractivity contribution in [2.24, 2.45) is 0 Å². The van der Waals surface area contributed by atoms with Gasteiger partial charge in [-0.15, -0.1) is 0 Å². The normalized spacial score (nSPS) is 11.4. The van der Waals surface area contributed by atoms with Crippen molar-refractivity contribution in [3.8, 4) is 0 Å². The van der Waals surface area contributed by atoms with E-state index in [2.05, 4.69) is 5.32 Å². The number of carbonyl (C=O) groups excluding carboxylic acids is 2. The van der Waals surface area contributed by atoms with E-state index in [1.807, 2.05) is 0 Å². The molecule has 7 nitrogen and oxygen atoms in total. The molecule has 124 valence electrons. The first kappa shape index (κ1) is 17.4. The summed E-state index contributed by atoms with van der Waals surface area (Å²) in [5.41, 5.74) is -0.237. The molecule has 0 aromatic heterocycles. The van der Waals surface area contributed by atoms with Crippen LogP contribution in [0.5, 0.6) is 0 Å². The summed E-state index contributed by atoms with van der Waals surface area (Å²) in [4.78, 5) is 34.4. The first-order valence-corrected chi connectivity index (χ1v) is 7.27. The zero-order chi connectivity index (χ0) is 17.7. The summed E-state index contributed by atoms with van der Waals surface area (Å²) in [5, 5.41) is 13.8. The SMILES string of the molecule is C[C@H](OC(=O)c1ccccc1[N+](=O)[O-])C(=O)Nc1ccccc1Cl. The number of hydrogen-bond donors (Lipinski definition) is 1. The molecule has 0 fully saturated rings. The van der Waals surface area contributed by atoms with Crippen LogP contribution < -0.4 is 5.32 Å². The minimum atomic E-state index is -1.16. The van der Waals surface area contributed by atoms with Crippen LogP contribution in [0.2, 0.25) is 5.02 Å². The lowest BCUT2D eigenvalue weighted by atomic mass is 10.2. The maximum absolute atomic E-state index is 12.1. The van der Waals surface area contributed by atoms with Crippen LogP contribution >= 0.6 is 11.6 Å². The Morgan fingerprint density at radius 3 is 2.46 bits per heavy atom. The van der Waals surface area contributed by atoms with E-state index in [0.29, 0.717) is 10.7 Å². The first-order valence-electron chi connectivity index (χ1n) is 6.90. The molecule has 1 atom stereocenters. The lowest BCUT2D eigenvalue weighted by Crippen LogP contribution is -2.30. The van der Waals surface area contributed by atoms with Gasteiger partial charge in [0.05, 0.1) is 15.6 Å². The van der Waals surface area contributed by atoms with Crippen LogP contribution in [0.15, 0.2) is 48.5 Å². The average molecular weight is 349 g/mol. The Hall–Kier alpha value is -2.93. The predicted molar refractivity (Wildman–Crippen MR) is 88.1 cm³/mol. The van der Waals surface area contributed by atoms with Gasteiger partial charge in [0.2, 0.25) is 0 Å². The quantitative estimate of drug-likeness (QED) is 0.507. The molecule has 0 aliphatic carbocycles. The molecule has 0 aliphatic rings. The van der Waals surface area contributed by atoms with E-state index < -0.39 is 22.9 Å². The molecule has 2 aromatic rings. The summed E-state index contributed by atoms with van der Waals surface area (Å²) < 4.78 is 5.00. The summed E-state index contributed by atoms with van der Waals surface area (Å²) in [5.74, 6) is -1.56. The Kier molecular flexibility index (Phi) is 5.49. The van der Waals surface area contributed by atoms with E-state index in [0.717, 1.165) is 0 Å². The lowest BCUT2D eigenvalue weighted by molar-refractivity contribution is -0.385. The van der Waals surface area contributed by atoms with E-state index in [1.165, 1.54) is 31.2 Å². The summed E-state index contributed by atoms with van der Waals surface area (Å²) in [6, 6.07) is 11.9. The number of nitrogens with one attached hydrogen (secondary N) is 1. The van der Waals surface area contributed by atoms with Crippen LogP contribution in [0.3, 0.4) is 0 Å². The molecule has 0 unspecified atom stereocenters. The fourth-order valence-electron chi connectivity index (χ4n) is 1.88. The summed E-state index contributed by atoms with van der Waals surface area (Å²) in [6.45, 7) is 1.36. The van der Waals surface area contributed by atoms with Gasteiger partial charge in [-0.2, -0.15) is 0 Å². The van der Waals surface area contributed by atoms with E-state index >= 15 is 0 Å². The molecule has 1 amide bonds. The maximum Gasteiger partial charge on any atom is 0.345 e. The number of nitrogens with zero attached hydrogens (tertiary/aromatic N) is 1. The average Bonchev–Trinajstić information content (AvgIpc) is 2.56. The van der Waals surface area contributed by atoms with Crippen LogP contribution in [0.4, 0.5) is 11.4 Å². The number of ether oxygens (including phenoxy) is 1. The van der Waals surface area contributed by atoms with Gasteiger partial charge in [-0.3, -0.25) is 14.9 Å². The number of halogens is 1. The molecule has 0 saturated carbocycles. The minimum Gasteiger partial charge on any atom is -0.449 e. The highest BCUT2D eigenvalue weighted by molar-refractivity contribution is 6.33. The number of benzene rings is 2. The van der Waals surface area contributed by atoms with Crippen molar-refractivity contribution < 1.29 is 19.2 Å². The third-order valence-electron chi connectivity index (χ3n) is 3.11. The second-order valence-electron chi connectivity index (χ2n) is 4.79. The van der Waals surface area contributed by atoms with Gasteiger partial charge in [-0.05, 0) is 25.1 Å². The van der Waals surface area contributed by atoms with Crippen molar-refractivity contribution in [3.05, 3.63) is 69.2 Å². The van der Waals surface area contributed by atoms with E-state index in [9.17, 15) is 19.7 Å². The molecular weight excluding hydrogens is 336 g/mol. The molecule has 1 N–H and O–H groups in total. The van der Waals surface area contributed by atoms with Gasteiger partial charge in [0.15, 0.2) is 6.10 Å². The van der Waals surface area contributed by atoms with E-state index in [1.54, 1.807) is 24.3 Å². The van der Waals surface area contributed by atoms with Gasteiger partial charge in [-0.1, -0.05) is 35.9 Å². The van der Waals surface area contributed by atoms with Crippen molar-refractivity contribution in [2.75, 3.05) is 5.32 Å². The highest BCUT2D eigenvalue weighted by Crippen LogP contribution is 2.22. The Bertz CT molecular complexity index is 794. The smallest absolute Gasteiger partial charge is 0.345 e. The van der Waals surface area contributed by atoms with Crippen molar-refractivity contribution in [1.82, 2.24) is 0 Å². The third-order valence-corrected chi connectivity index (χ3v) is 3.44. The number of hydrogen-bond acceptors (Lipinski definition) is 5. The number of anilines is 1. The molecule has 2 aromatic carbocycles. The molecule has 24 heavy (non-hydrogen) atoms. The largest absolute Gasteiger partial charge is 0.449 e. The number of nitro groups is 1. The second-order valence-corrected chi connectivity index (χ2v) is 5.20. The number of carbonyl (C=O) groups is 2. The van der Waals surface area contributed by atoms with Crippen LogP contribution in [0.25, 0.3) is 0 Å². The topological polar surface area (TPSA) is 98.5 Å². The first-order chi connectivity index (χ1) is 11.4. The summed E-state index contributed by atoms with van der Waals surface area (Å²) in [6.07, 6.45) is -1.16. The van der Waals surface area contributed by atoms with Gasteiger partial charge in [0, 0.05) is 6.07 Å². The molecule has 0 saturated heterocycles. The van der Waals surface area contributed by atoms with Crippen molar-refractivity contribution in [2.45, 2.75) is 13.0 Å². The number of rotatable bonds is 5. The minimum absolute atomic E-state index is 0.222. The highest BCUT2D eigenvalue weighted by Gasteiger charge is 2.25. The molecule has 0 heterocycles. The van der Waals surface area contributed by atoms with Gasteiger partial charge in [0.25, 0.3) is 11.6 Å². The zero-order valence-electron chi connectivity index (χ0n) is 12.6. The van der Waals surface area contributed by atoms with Crippen molar-refractivity contribution in [1.29, 1.82) is 0 Å². The standard InChI is InChI=1S/C16H13ClN2O5/c1-10(15(20)18-13-8-4-3-7-12(13)17)24-16(21)11-6-2-5-9-14(11)19(22)23/h2-10H,1H3,(H,18,20)/t10-/m0/s1. The molecule has 8 heteroatoms. The van der Waals surface area contributed by atoms with E-state index in [4.69, 9.17) is 16.3 Å². The maximum atomic E-state index is 12.1. The molecule has 0 aliphatic heterocycles. The zero-order valence-corrected chi connectivity index (χ0v) is 13.3. The lowest BCUT2D eigenvalue weighted by Gasteiger charge is -2.14. The Balaban J connectivity index is 2.08. The van der Waals surface area contributed by atoms with Gasteiger partial charge in [-0.25, -0.2) is 4.79 Å². The molecular formula is C16H13ClN2O5. The van der Waals surface area contributed by atoms with Crippen molar-refractivity contribution in [3.63, 3.8) is 0 Å². The third kappa shape index (κ3) is 4.08.